The van der Waals surface area contributed by atoms with Gasteiger partial charge in [0.2, 0.25) is 0 Å². The molecule has 6 aromatic carbocycles. The number of ether oxygens (including phenoxy) is 1. The number of carbonyl (C=O) groups is 1. The van der Waals surface area contributed by atoms with Gasteiger partial charge in [0.05, 0.1) is 13.2 Å². The van der Waals surface area contributed by atoms with Gasteiger partial charge in [-0.3, -0.25) is 4.79 Å². The van der Waals surface area contributed by atoms with Crippen LogP contribution in [0.1, 0.15) is 365 Å². The number of Topliss-reactive ketones (excluding diaryl/α,β-unsaturated/α-hetero) is 1. The van der Waals surface area contributed by atoms with Crippen LogP contribution >= 0.6 is 0 Å². The fourth-order valence-electron chi connectivity index (χ4n) is 33.8. The molecular formula is C126H162Ac4O9. The van der Waals surface area contributed by atoms with E-state index in [0.717, 1.165) is 184 Å². The summed E-state index contributed by atoms with van der Waals surface area (Å²) in [5.41, 5.74) is 19.7. The normalized spacial score (nSPS) is 36.7. The zero-order valence-corrected chi connectivity index (χ0v) is 99.8. The third kappa shape index (κ3) is 20.5. The summed E-state index contributed by atoms with van der Waals surface area (Å²) in [6.07, 6.45) is 69.4. The van der Waals surface area contributed by atoms with Crippen LogP contribution < -0.4 is 4.74 Å². The number of hydrogen-bond donors (Lipinski definition) is 7. The topological polar surface area (TPSA) is 168 Å². The van der Waals surface area contributed by atoms with Crippen molar-refractivity contribution >= 4 is 5.78 Å². The van der Waals surface area contributed by atoms with Crippen molar-refractivity contribution in [3.63, 3.8) is 0 Å². The summed E-state index contributed by atoms with van der Waals surface area (Å²) in [4.78, 5) is 12.6. The van der Waals surface area contributed by atoms with Crippen LogP contribution in [0, 0.1) is 341 Å². The number of terminal acetylenes is 4. The monoisotopic (exact) mass is 2730 g/mol. The molecule has 24 rings (SSSR count). The number of phenolic OH excluding ortho intramolecular Hbond substituents is 5. The van der Waals surface area contributed by atoms with E-state index in [2.05, 4.69) is 145 Å². The number of carbonyl (C=O) groups excluding carboxylic acids is 1. The van der Waals surface area contributed by atoms with Gasteiger partial charge in [-0.2, -0.15) is 0 Å². The van der Waals surface area contributed by atoms with Gasteiger partial charge in [0.1, 0.15) is 40.1 Å². The molecule has 6 aromatic rings. The Morgan fingerprint density at radius 3 is 1.14 bits per heavy atom. The van der Waals surface area contributed by atoms with E-state index in [9.17, 15) is 40.5 Å². The second-order valence-electron chi connectivity index (χ2n) is 45.4. The number of aliphatic hydroxyl groups excluding tert-OH is 1. The molecule has 0 heterocycles. The number of ketones is 1. The van der Waals surface area contributed by atoms with Gasteiger partial charge in [-0.25, -0.2) is 0 Å². The molecule has 0 bridgehead atoms. The van der Waals surface area contributed by atoms with Crippen LogP contribution in [0.15, 0.2) is 169 Å². The molecule has 13 heteroatoms. The average Bonchev–Trinajstić information content (AvgIpc) is 1.56. The SMILES string of the molecule is C.C.C.C.C.C#CC1(O)CCC2C3CCc4cc(O)ccc4C3CCC21C.C#CC1=CCC2C3CC(=O)c4cc(O)ccc4C3CCC12C.C#CC1=CCC2C3CCc4cc(O)ccc4C3CCC12C.C#CC1=CCC2C3C[C@@H](O)c4cc(O)ccc4C3CCC12C.C=CC1CCC2C3CCc4cc(O)ccc4C3CCC12C.C=CC1CCC2C3CCc4cc(OC)ccc4C3CCC12C.[Ac].[Ac].[Ac].[Ac]. The maximum absolute atomic E-state index is 12.6. The van der Waals surface area contributed by atoms with Gasteiger partial charge in [-0.15, -0.1) is 38.9 Å². The van der Waals surface area contributed by atoms with E-state index in [0.29, 0.717) is 99.6 Å². The number of methoxy groups -OCH3 is 1. The summed E-state index contributed by atoms with van der Waals surface area (Å²) >= 11 is 0. The number of benzene rings is 6. The molecule has 28 atom stereocenters. The van der Waals surface area contributed by atoms with Crippen molar-refractivity contribution in [2.75, 3.05) is 7.11 Å². The molecule has 0 aliphatic heterocycles. The van der Waals surface area contributed by atoms with Crippen molar-refractivity contribution in [1.82, 2.24) is 0 Å². The van der Waals surface area contributed by atoms with Crippen molar-refractivity contribution in [3.05, 3.63) is 236 Å². The van der Waals surface area contributed by atoms with E-state index in [-0.39, 0.29) is 252 Å². The molecule has 0 amide bonds. The smallest absolute Gasteiger partial charge is 0.163 e. The first kappa shape index (κ1) is 117. The zero-order chi connectivity index (χ0) is 91.0. The Bertz CT molecular complexity index is 5730. The number of phenols is 5. The molecule has 4 radical (unpaired) electrons. The van der Waals surface area contributed by atoms with Gasteiger partial charge < -0.3 is 40.5 Å². The number of fused-ring (bicyclic) bond motifs is 30. The van der Waals surface area contributed by atoms with E-state index in [4.69, 9.17) is 30.4 Å². The van der Waals surface area contributed by atoms with Gasteiger partial charge in [0.25, 0.3) is 0 Å². The Labute approximate surface area is 981 Å². The number of aromatic hydroxyl groups is 5. The molecule has 18 aliphatic rings. The van der Waals surface area contributed by atoms with Gasteiger partial charge >= 0.3 is 0 Å². The molecule has 732 valence electrons. The average molecular weight is 2730 g/mol. The Kier molecular flexibility index (Phi) is 39.4. The third-order valence-electron chi connectivity index (χ3n) is 40.7. The van der Waals surface area contributed by atoms with Gasteiger partial charge in [0, 0.05) is 227 Å². The summed E-state index contributed by atoms with van der Waals surface area (Å²) in [5.74, 6) is 27.4. The number of allylic oxidation sites excluding steroid dienone is 8. The Balaban J connectivity index is 0.000000170. The molecule has 27 unspecified atom stereocenters. The quantitative estimate of drug-likeness (QED) is 0.0674. The van der Waals surface area contributed by atoms with Crippen molar-refractivity contribution < 1.29 is 222 Å². The number of aryl methyl sites for hydroxylation is 4. The second-order valence-corrected chi connectivity index (χ2v) is 45.4. The number of hydrogen-bond acceptors (Lipinski definition) is 9. The number of aliphatic hydroxyl groups is 2. The first-order valence-corrected chi connectivity index (χ1v) is 50.5. The predicted molar refractivity (Wildman–Crippen MR) is 555 cm³/mol. The molecule has 0 spiro atoms. The Morgan fingerprint density at radius 2 is 0.719 bits per heavy atom. The molecule has 0 aromatic heterocycles. The van der Waals surface area contributed by atoms with Crippen LogP contribution in [0.2, 0.25) is 0 Å². The fourth-order valence-corrected chi connectivity index (χ4v) is 33.8. The van der Waals surface area contributed by atoms with E-state index in [1.807, 2.05) is 48.5 Å². The maximum atomic E-state index is 12.6. The third-order valence-corrected chi connectivity index (χ3v) is 40.7. The van der Waals surface area contributed by atoms with Crippen LogP contribution in [-0.2, 0) is 25.7 Å². The molecule has 139 heavy (non-hydrogen) atoms. The summed E-state index contributed by atoms with van der Waals surface area (Å²) < 4.78 is 5.42. The van der Waals surface area contributed by atoms with Crippen molar-refractivity contribution in [2.45, 2.75) is 325 Å². The zero-order valence-electron chi connectivity index (χ0n) is 80.8. The molecule has 9 fully saturated rings. The molecule has 18 aliphatic carbocycles. The number of rotatable bonds is 3. The summed E-state index contributed by atoms with van der Waals surface area (Å²) in [7, 11) is 1.77. The van der Waals surface area contributed by atoms with Crippen LogP contribution in [0.4, 0.5) is 0 Å². The van der Waals surface area contributed by atoms with E-state index < -0.39 is 11.7 Å². The maximum Gasteiger partial charge on any atom is 0.163 e. The van der Waals surface area contributed by atoms with E-state index in [1.54, 1.807) is 42.5 Å². The van der Waals surface area contributed by atoms with Crippen molar-refractivity contribution in [1.29, 1.82) is 0 Å². The second kappa shape index (κ2) is 46.7. The van der Waals surface area contributed by atoms with Gasteiger partial charge in [-0.1, -0.05) is 169 Å². The Morgan fingerprint density at radius 1 is 0.374 bits per heavy atom. The standard InChI is InChI=1S/C21H28O.C20H22O2.C20H20O2.C20H24O2.C20H26O.C20H22O.5CH4.4Ac/c1-4-15-6-10-20-19-8-5-14-13-16(22-3)7-9-17(14)18(19)11-12-21(15,20)2;2*1-3-12-4-7-18-16-11-19(22)17-10-13(21)5-6-14(17)15(16)8-9-20(12,18)2;1-3-20(22)11-9-18-17-6-4-13-12-14(21)5-7-15(13)16(17)8-10-19(18,20)2;2*1-3-14-5-9-19-18-7-4-13-12-15(21)6-8-16(13)17(18)10-11-20(14,19)2;;;;;;;;;/h4,7,9,13,15,18-20H,1,5-6,8,10-12H2,2-3H3;1,4-6,10,15-16,18-19,21-22H,7-9,11H2,2H3;1,4-6,10,15-16,18,21H,7-9,11H2,2H3;1,5,7,12,16-18,21-22H,4,6,8-11H2,2H3;3,6,8,12,14,17-19,21H,1,4-5,7,9-11H2,2H3;1,5-6,8,12,17-19,21H,4,7,9-11H2,2H3;5*1H4;;;;/t;15?,16?,18?,19-,20?;;;;;;;;;;;;;/m.1............./s1. The summed E-state index contributed by atoms with van der Waals surface area (Å²) in [6.45, 7) is 22.5. The van der Waals surface area contributed by atoms with E-state index in [1.165, 1.54) is 140 Å². The minimum atomic E-state index is -0.919. The fraction of sp³-hybridized carbons (Fsp3) is 0.563. The first-order valence-electron chi connectivity index (χ1n) is 50.5. The molecule has 9 saturated carbocycles. The minimum absolute atomic E-state index is 0. The van der Waals surface area contributed by atoms with E-state index >= 15 is 0 Å². The van der Waals surface area contributed by atoms with Crippen LogP contribution in [-0.4, -0.2) is 54.2 Å². The van der Waals surface area contributed by atoms with Crippen molar-refractivity contribution in [2.24, 2.45) is 115 Å². The van der Waals surface area contributed by atoms with Crippen LogP contribution in [0.3, 0.4) is 0 Å². The minimum Gasteiger partial charge on any atom is -0.508 e. The largest absolute Gasteiger partial charge is 0.508 e. The predicted octanol–water partition coefficient (Wildman–Crippen LogP) is 29.6. The van der Waals surface area contributed by atoms with Crippen molar-refractivity contribution in [3.8, 4) is 83.9 Å². The molecule has 7 N–H and O–H groups in total. The van der Waals surface area contributed by atoms with Gasteiger partial charge in [0.15, 0.2) is 5.78 Å². The molecule has 0 saturated heterocycles. The van der Waals surface area contributed by atoms with Crippen LogP contribution in [0.25, 0.3) is 0 Å². The van der Waals surface area contributed by atoms with Gasteiger partial charge in [-0.05, 0) is 456 Å². The first-order chi connectivity index (χ1) is 62.5. The summed E-state index contributed by atoms with van der Waals surface area (Å²) in [5, 5.41) is 70.0. The van der Waals surface area contributed by atoms with Crippen LogP contribution in [0.5, 0.6) is 34.5 Å². The Hall–Kier alpha value is -3.58. The summed E-state index contributed by atoms with van der Waals surface area (Å²) in [6, 6.07) is 35.5. The molecular weight excluding hydrogens is 2570 g/mol. The molecule has 9 nitrogen and oxygen atoms in total.